The molecule has 1 saturated heterocycles. The van der Waals surface area contributed by atoms with Gasteiger partial charge in [-0.1, -0.05) is 18.2 Å². The molecule has 0 spiro atoms. The van der Waals surface area contributed by atoms with Crippen LogP contribution in [0.3, 0.4) is 0 Å². The molecular formula is C14H13F3N2O5. The third kappa shape index (κ3) is 3.63. The molecule has 1 aliphatic rings. The Balaban J connectivity index is 2.17. The summed E-state index contributed by atoms with van der Waals surface area (Å²) in [5.74, 6) is -6.29. The molecule has 1 N–H and O–H groups in total. The summed E-state index contributed by atoms with van der Waals surface area (Å²) in [7, 11) is 0. The minimum absolute atomic E-state index is 0.0647. The number of likely N-dealkylation sites (tertiary alicyclic amines) is 1. The smallest absolute Gasteiger partial charge is 0.394 e. The van der Waals surface area contributed by atoms with Crippen molar-refractivity contribution in [3.8, 4) is 0 Å². The average Bonchev–Trinajstić information content (AvgIpc) is 2.93. The van der Waals surface area contributed by atoms with Gasteiger partial charge in [0.1, 0.15) is 0 Å². The molecule has 2 atom stereocenters. The van der Waals surface area contributed by atoms with Gasteiger partial charge in [0, 0.05) is 24.7 Å². The van der Waals surface area contributed by atoms with Gasteiger partial charge in [-0.05, 0) is 0 Å². The van der Waals surface area contributed by atoms with E-state index in [1.807, 2.05) is 0 Å². The first kappa shape index (κ1) is 17.7. The van der Waals surface area contributed by atoms with E-state index in [1.54, 1.807) is 0 Å². The SMILES string of the molecule is O=C(O)[C@@H]1CN(C(=O)Cc2ccccc2[N+](=O)[O-])C[C@H]1C(F)(F)F. The number of amides is 1. The molecule has 0 unspecified atom stereocenters. The molecule has 0 bridgehead atoms. The van der Waals surface area contributed by atoms with E-state index < -0.39 is 54.3 Å². The van der Waals surface area contributed by atoms with Gasteiger partial charge in [0.15, 0.2) is 0 Å². The highest BCUT2D eigenvalue weighted by atomic mass is 19.4. The number of rotatable bonds is 4. The monoisotopic (exact) mass is 346 g/mol. The van der Waals surface area contributed by atoms with Crippen molar-refractivity contribution in [3.63, 3.8) is 0 Å². The normalized spacial score (nSPS) is 20.9. The number of benzene rings is 1. The highest BCUT2D eigenvalue weighted by molar-refractivity contribution is 5.82. The number of nitro groups is 1. The molecule has 0 saturated carbocycles. The first-order valence-corrected chi connectivity index (χ1v) is 6.91. The zero-order valence-corrected chi connectivity index (χ0v) is 12.2. The summed E-state index contributed by atoms with van der Waals surface area (Å²) in [5.41, 5.74) is -0.248. The number of nitrogens with zero attached hydrogens (tertiary/aromatic N) is 2. The van der Waals surface area contributed by atoms with Crippen LogP contribution in [0.5, 0.6) is 0 Å². The molecule has 24 heavy (non-hydrogen) atoms. The lowest BCUT2D eigenvalue weighted by atomic mass is 9.96. The van der Waals surface area contributed by atoms with E-state index in [-0.39, 0.29) is 11.3 Å². The van der Waals surface area contributed by atoms with Gasteiger partial charge in [0.25, 0.3) is 5.69 Å². The lowest BCUT2D eigenvalue weighted by molar-refractivity contribution is -0.385. The molecule has 1 aromatic rings. The van der Waals surface area contributed by atoms with Crippen molar-refractivity contribution in [2.24, 2.45) is 11.8 Å². The van der Waals surface area contributed by atoms with Gasteiger partial charge in [0.05, 0.1) is 23.2 Å². The third-order valence-corrected chi connectivity index (χ3v) is 3.94. The molecule has 7 nitrogen and oxygen atoms in total. The van der Waals surface area contributed by atoms with Crippen LogP contribution in [0.4, 0.5) is 18.9 Å². The van der Waals surface area contributed by atoms with Crippen LogP contribution in [0.2, 0.25) is 0 Å². The molecule has 1 aromatic carbocycles. The molecule has 0 radical (unpaired) electrons. The van der Waals surface area contributed by atoms with E-state index in [9.17, 15) is 32.9 Å². The number of halogens is 3. The Morgan fingerprint density at radius 3 is 2.42 bits per heavy atom. The summed E-state index contributed by atoms with van der Waals surface area (Å²) in [6, 6.07) is 5.40. The fraction of sp³-hybridized carbons (Fsp3) is 0.429. The van der Waals surface area contributed by atoms with E-state index in [2.05, 4.69) is 0 Å². The van der Waals surface area contributed by atoms with Gasteiger partial charge < -0.3 is 10.0 Å². The van der Waals surface area contributed by atoms with E-state index in [0.29, 0.717) is 0 Å². The molecule has 1 heterocycles. The number of alkyl halides is 3. The summed E-state index contributed by atoms with van der Waals surface area (Å²) in [6.07, 6.45) is -5.20. The predicted octanol–water partition coefficient (Wildman–Crippen LogP) is 1.86. The second kappa shape index (κ2) is 6.46. The first-order valence-electron chi connectivity index (χ1n) is 6.91. The Morgan fingerprint density at radius 2 is 1.92 bits per heavy atom. The molecule has 0 aromatic heterocycles. The summed E-state index contributed by atoms with van der Waals surface area (Å²) in [4.78, 5) is 34.2. The van der Waals surface area contributed by atoms with Gasteiger partial charge in [-0.2, -0.15) is 13.2 Å². The number of aliphatic carboxylic acids is 1. The van der Waals surface area contributed by atoms with Gasteiger partial charge in [-0.25, -0.2) is 0 Å². The number of carboxylic acid groups (broad SMARTS) is 1. The number of nitro benzene ring substituents is 1. The Kier molecular flexibility index (Phi) is 4.76. The van der Waals surface area contributed by atoms with E-state index in [4.69, 9.17) is 5.11 Å². The summed E-state index contributed by atoms with van der Waals surface area (Å²) >= 11 is 0. The third-order valence-electron chi connectivity index (χ3n) is 3.94. The fourth-order valence-electron chi connectivity index (χ4n) is 2.70. The van der Waals surface area contributed by atoms with Crippen molar-refractivity contribution < 1.29 is 32.8 Å². The highest BCUT2D eigenvalue weighted by Crippen LogP contribution is 2.38. The second-order valence-electron chi connectivity index (χ2n) is 5.45. The number of hydrogen-bond donors (Lipinski definition) is 1. The standard InChI is InChI=1S/C14H13F3N2O5/c15-14(16,17)10-7-18(6-9(10)13(21)22)12(20)5-8-3-1-2-4-11(8)19(23)24/h1-4,9-10H,5-7H2,(H,21,22)/t9-,10-/m1/s1. The Hall–Kier alpha value is -2.65. The first-order chi connectivity index (χ1) is 11.1. The lowest BCUT2D eigenvalue weighted by Crippen LogP contribution is -2.34. The molecule has 1 aliphatic heterocycles. The number of hydrogen-bond acceptors (Lipinski definition) is 4. The Bertz CT molecular complexity index is 677. The number of carbonyl (C=O) groups is 2. The lowest BCUT2D eigenvalue weighted by Gasteiger charge is -2.18. The molecule has 130 valence electrons. The summed E-state index contributed by atoms with van der Waals surface area (Å²) < 4.78 is 38.7. The topological polar surface area (TPSA) is 101 Å². The van der Waals surface area contributed by atoms with Crippen molar-refractivity contribution in [1.82, 2.24) is 4.90 Å². The Morgan fingerprint density at radius 1 is 1.29 bits per heavy atom. The molecule has 10 heteroatoms. The van der Waals surface area contributed by atoms with Crippen LogP contribution in [0.15, 0.2) is 24.3 Å². The van der Waals surface area contributed by atoms with Crippen molar-refractivity contribution in [2.45, 2.75) is 12.6 Å². The van der Waals surface area contributed by atoms with Crippen LogP contribution in [-0.2, 0) is 16.0 Å². The van der Waals surface area contributed by atoms with Crippen molar-refractivity contribution >= 4 is 17.6 Å². The number of carboxylic acids is 1. The van der Waals surface area contributed by atoms with Gasteiger partial charge in [-0.15, -0.1) is 0 Å². The van der Waals surface area contributed by atoms with Gasteiger partial charge in [0.2, 0.25) is 5.91 Å². The van der Waals surface area contributed by atoms with Crippen LogP contribution < -0.4 is 0 Å². The van der Waals surface area contributed by atoms with Crippen LogP contribution in [-0.4, -0.2) is 46.1 Å². The van der Waals surface area contributed by atoms with Crippen molar-refractivity contribution in [1.29, 1.82) is 0 Å². The van der Waals surface area contributed by atoms with Gasteiger partial charge in [-0.3, -0.25) is 19.7 Å². The van der Waals surface area contributed by atoms with Crippen molar-refractivity contribution in [3.05, 3.63) is 39.9 Å². The van der Waals surface area contributed by atoms with Crippen molar-refractivity contribution in [2.75, 3.05) is 13.1 Å². The second-order valence-corrected chi connectivity index (χ2v) is 5.45. The quantitative estimate of drug-likeness (QED) is 0.662. The molecule has 1 amide bonds. The molecule has 0 aliphatic carbocycles. The maximum absolute atomic E-state index is 12.9. The largest absolute Gasteiger partial charge is 0.481 e. The molecule has 1 fully saturated rings. The zero-order valence-electron chi connectivity index (χ0n) is 12.2. The minimum Gasteiger partial charge on any atom is -0.481 e. The fourth-order valence-corrected chi connectivity index (χ4v) is 2.70. The van der Waals surface area contributed by atoms with E-state index in [0.717, 1.165) is 4.90 Å². The van der Waals surface area contributed by atoms with Crippen LogP contribution in [0.1, 0.15) is 5.56 Å². The van der Waals surface area contributed by atoms with E-state index in [1.165, 1.54) is 24.3 Å². The van der Waals surface area contributed by atoms with Gasteiger partial charge >= 0.3 is 12.1 Å². The Labute approximate surface area is 133 Å². The highest BCUT2D eigenvalue weighted by Gasteiger charge is 2.53. The molecule has 2 rings (SSSR count). The number of para-hydroxylation sites is 1. The minimum atomic E-state index is -4.74. The van der Waals surface area contributed by atoms with Crippen LogP contribution in [0, 0.1) is 22.0 Å². The van der Waals surface area contributed by atoms with Crippen LogP contribution in [0.25, 0.3) is 0 Å². The number of carbonyl (C=O) groups excluding carboxylic acids is 1. The maximum Gasteiger partial charge on any atom is 0.394 e. The maximum atomic E-state index is 12.9. The summed E-state index contributed by atoms with van der Waals surface area (Å²) in [6.45, 7) is -1.33. The predicted molar refractivity (Wildman–Crippen MR) is 74.1 cm³/mol. The molecular weight excluding hydrogens is 333 g/mol. The van der Waals surface area contributed by atoms with E-state index >= 15 is 0 Å². The van der Waals surface area contributed by atoms with Crippen LogP contribution >= 0.6 is 0 Å². The zero-order chi connectivity index (χ0) is 18.1. The average molecular weight is 346 g/mol. The summed E-state index contributed by atoms with van der Waals surface area (Å²) in [5, 5.41) is 19.8.